The third kappa shape index (κ3) is 4.97. The van der Waals surface area contributed by atoms with Crippen LogP contribution in [-0.2, 0) is 11.2 Å². The predicted octanol–water partition coefficient (Wildman–Crippen LogP) is 3.12. The maximum absolute atomic E-state index is 12.3. The number of nitrogens with zero attached hydrogens (tertiary/aromatic N) is 1. The molecule has 0 saturated carbocycles. The Morgan fingerprint density at radius 1 is 1.13 bits per heavy atom. The molecule has 7 heteroatoms. The number of hydrogen-bond acceptors (Lipinski definition) is 2. The van der Waals surface area contributed by atoms with Crippen LogP contribution in [0.1, 0.15) is 35.2 Å². The normalized spacial score (nSPS) is 16.4. The zero-order chi connectivity index (χ0) is 17.0. The summed E-state index contributed by atoms with van der Waals surface area (Å²) in [6, 6.07) is 6.11. The number of alkyl halides is 3. The molecule has 0 aliphatic carbocycles. The number of carbonyl (C=O) groups is 2. The van der Waals surface area contributed by atoms with Crippen molar-refractivity contribution < 1.29 is 27.9 Å². The smallest absolute Gasteiger partial charge is 0.389 e. The zero-order valence-electron chi connectivity index (χ0n) is 12.5. The Hall–Kier alpha value is -2.05. The van der Waals surface area contributed by atoms with Crippen LogP contribution >= 0.6 is 0 Å². The first kappa shape index (κ1) is 17.3. The number of carboxylic acid groups (broad SMARTS) is 1. The van der Waals surface area contributed by atoms with Crippen LogP contribution in [0.4, 0.5) is 13.2 Å². The second-order valence-electron chi connectivity index (χ2n) is 5.72. The van der Waals surface area contributed by atoms with E-state index in [4.69, 9.17) is 5.11 Å². The van der Waals surface area contributed by atoms with Crippen LogP contribution in [0.3, 0.4) is 0 Å². The summed E-state index contributed by atoms with van der Waals surface area (Å²) in [6.45, 7) is 0.761. The number of likely N-dealkylation sites (tertiary alicyclic amines) is 1. The van der Waals surface area contributed by atoms with Gasteiger partial charge in [-0.05, 0) is 37.0 Å². The van der Waals surface area contributed by atoms with E-state index in [1.807, 2.05) is 0 Å². The number of carbonyl (C=O) groups excluding carboxylic acids is 1. The maximum atomic E-state index is 12.3. The molecule has 1 amide bonds. The molecule has 1 N–H and O–H groups in total. The second kappa shape index (κ2) is 7.02. The van der Waals surface area contributed by atoms with E-state index in [9.17, 15) is 22.8 Å². The van der Waals surface area contributed by atoms with E-state index in [1.165, 1.54) is 24.3 Å². The van der Waals surface area contributed by atoms with E-state index in [0.29, 0.717) is 37.1 Å². The molecule has 0 radical (unpaired) electrons. The molecule has 0 atom stereocenters. The summed E-state index contributed by atoms with van der Waals surface area (Å²) in [5.74, 6) is -1.47. The van der Waals surface area contributed by atoms with Crippen molar-refractivity contribution in [2.24, 2.45) is 5.92 Å². The van der Waals surface area contributed by atoms with Crippen molar-refractivity contribution in [3.63, 3.8) is 0 Å². The highest BCUT2D eigenvalue weighted by Gasteiger charge is 2.28. The van der Waals surface area contributed by atoms with Crippen molar-refractivity contribution in [2.75, 3.05) is 13.1 Å². The molecule has 23 heavy (non-hydrogen) atoms. The molecule has 1 fully saturated rings. The van der Waals surface area contributed by atoms with Crippen LogP contribution in [0.5, 0.6) is 0 Å². The summed E-state index contributed by atoms with van der Waals surface area (Å²) in [4.78, 5) is 24.8. The molecular formula is C16H18F3NO3. The van der Waals surface area contributed by atoms with Crippen LogP contribution in [0.15, 0.2) is 24.3 Å². The van der Waals surface area contributed by atoms with Gasteiger partial charge in [0.05, 0.1) is 5.92 Å². The molecule has 1 saturated heterocycles. The number of amides is 1. The van der Waals surface area contributed by atoms with Crippen molar-refractivity contribution >= 4 is 11.9 Å². The lowest BCUT2D eigenvalue weighted by Crippen LogP contribution is -2.40. The van der Waals surface area contributed by atoms with Crippen molar-refractivity contribution in [1.82, 2.24) is 4.90 Å². The minimum atomic E-state index is -4.19. The lowest BCUT2D eigenvalue weighted by molar-refractivity contribution is -0.143. The third-order valence-electron chi connectivity index (χ3n) is 4.03. The highest BCUT2D eigenvalue weighted by Crippen LogP contribution is 2.23. The van der Waals surface area contributed by atoms with Crippen molar-refractivity contribution in [1.29, 1.82) is 0 Å². The van der Waals surface area contributed by atoms with E-state index in [2.05, 4.69) is 0 Å². The molecule has 0 bridgehead atoms. The fraction of sp³-hybridized carbons (Fsp3) is 0.500. The average Bonchev–Trinajstić information content (AvgIpc) is 2.52. The number of benzene rings is 1. The van der Waals surface area contributed by atoms with Crippen LogP contribution in [0, 0.1) is 5.92 Å². The Bertz CT molecular complexity index is 561. The molecule has 1 aliphatic rings. The first-order valence-electron chi connectivity index (χ1n) is 7.44. The third-order valence-corrected chi connectivity index (χ3v) is 4.03. The second-order valence-corrected chi connectivity index (χ2v) is 5.72. The summed E-state index contributed by atoms with van der Waals surface area (Å²) in [7, 11) is 0. The molecule has 0 unspecified atom stereocenters. The number of piperidine rings is 1. The van der Waals surface area contributed by atoms with E-state index in [0.717, 1.165) is 0 Å². The first-order chi connectivity index (χ1) is 10.8. The number of aliphatic carboxylic acids is 1. The molecule has 126 valence electrons. The van der Waals surface area contributed by atoms with Gasteiger partial charge in [-0.3, -0.25) is 9.59 Å². The molecule has 1 aromatic rings. The van der Waals surface area contributed by atoms with Gasteiger partial charge in [-0.25, -0.2) is 0 Å². The van der Waals surface area contributed by atoms with Gasteiger partial charge in [-0.2, -0.15) is 13.2 Å². The minimum Gasteiger partial charge on any atom is -0.481 e. The van der Waals surface area contributed by atoms with Crippen LogP contribution < -0.4 is 0 Å². The summed E-state index contributed by atoms with van der Waals surface area (Å²) in [6.07, 6.45) is -4.34. The quantitative estimate of drug-likeness (QED) is 0.923. The number of halogens is 3. The van der Waals surface area contributed by atoms with Crippen molar-refractivity contribution in [3.05, 3.63) is 35.4 Å². The summed E-state index contributed by atoms with van der Waals surface area (Å²) >= 11 is 0. The van der Waals surface area contributed by atoms with Gasteiger partial charge < -0.3 is 10.0 Å². The van der Waals surface area contributed by atoms with Crippen LogP contribution in [0.2, 0.25) is 0 Å². The Balaban J connectivity index is 1.92. The van der Waals surface area contributed by atoms with Gasteiger partial charge in [0.1, 0.15) is 0 Å². The summed E-state index contributed by atoms with van der Waals surface area (Å²) in [5.41, 5.74) is 0.943. The van der Waals surface area contributed by atoms with Crippen LogP contribution in [0.25, 0.3) is 0 Å². The van der Waals surface area contributed by atoms with Crippen molar-refractivity contribution in [2.45, 2.75) is 31.9 Å². The molecule has 1 aliphatic heterocycles. The molecule has 1 aromatic carbocycles. The lowest BCUT2D eigenvalue weighted by Gasteiger charge is -2.30. The van der Waals surface area contributed by atoms with Gasteiger partial charge in [-0.15, -0.1) is 0 Å². The highest BCUT2D eigenvalue weighted by molar-refractivity contribution is 5.94. The van der Waals surface area contributed by atoms with E-state index in [1.54, 1.807) is 4.90 Å². The first-order valence-corrected chi connectivity index (χ1v) is 7.44. The summed E-state index contributed by atoms with van der Waals surface area (Å²) < 4.78 is 36.5. The Morgan fingerprint density at radius 3 is 2.17 bits per heavy atom. The standard InChI is InChI=1S/C16H18F3NO3/c17-16(18,19)8-5-11-1-3-12(4-2-11)14(21)20-9-6-13(7-10-20)15(22)23/h1-4,13H,5-10H2,(H,22,23). The van der Waals surface area contributed by atoms with E-state index < -0.39 is 24.5 Å². The zero-order valence-corrected chi connectivity index (χ0v) is 12.5. The fourth-order valence-corrected chi connectivity index (χ4v) is 2.61. The number of hydrogen-bond donors (Lipinski definition) is 1. The molecule has 4 nitrogen and oxygen atoms in total. The average molecular weight is 329 g/mol. The van der Waals surface area contributed by atoms with Gasteiger partial charge in [0, 0.05) is 25.1 Å². The molecular weight excluding hydrogens is 311 g/mol. The summed E-state index contributed by atoms with van der Waals surface area (Å²) in [5, 5.41) is 8.93. The molecule has 0 aromatic heterocycles. The predicted molar refractivity (Wildman–Crippen MR) is 77.1 cm³/mol. The van der Waals surface area contributed by atoms with Crippen LogP contribution in [-0.4, -0.2) is 41.1 Å². The largest absolute Gasteiger partial charge is 0.481 e. The van der Waals surface area contributed by atoms with Gasteiger partial charge >= 0.3 is 12.1 Å². The van der Waals surface area contributed by atoms with E-state index in [-0.39, 0.29) is 12.3 Å². The molecule has 2 rings (SSSR count). The maximum Gasteiger partial charge on any atom is 0.389 e. The SMILES string of the molecule is O=C(O)C1CCN(C(=O)c2ccc(CCC(F)(F)F)cc2)CC1. The van der Waals surface area contributed by atoms with Gasteiger partial charge in [0.2, 0.25) is 0 Å². The van der Waals surface area contributed by atoms with Gasteiger partial charge in [0.25, 0.3) is 5.91 Å². The number of aryl methyl sites for hydroxylation is 1. The van der Waals surface area contributed by atoms with Crippen molar-refractivity contribution in [3.8, 4) is 0 Å². The van der Waals surface area contributed by atoms with Gasteiger partial charge in [-0.1, -0.05) is 12.1 Å². The highest BCUT2D eigenvalue weighted by atomic mass is 19.4. The Labute approximate surface area is 131 Å². The Kier molecular flexibility index (Phi) is 5.28. The minimum absolute atomic E-state index is 0.109. The number of carboxylic acids is 1. The molecule has 0 spiro atoms. The van der Waals surface area contributed by atoms with E-state index >= 15 is 0 Å². The van der Waals surface area contributed by atoms with Gasteiger partial charge in [0.15, 0.2) is 0 Å². The fourth-order valence-electron chi connectivity index (χ4n) is 2.61. The topological polar surface area (TPSA) is 57.6 Å². The monoisotopic (exact) mass is 329 g/mol. The molecule has 1 heterocycles. The lowest BCUT2D eigenvalue weighted by atomic mass is 9.96. The Morgan fingerprint density at radius 2 is 1.70 bits per heavy atom. The number of rotatable bonds is 4.